The Balaban J connectivity index is 2.60. The molecule has 0 saturated carbocycles. The van der Waals surface area contributed by atoms with Gasteiger partial charge >= 0.3 is 6.18 Å². The van der Waals surface area contributed by atoms with Gasteiger partial charge in [0.15, 0.2) is 21.3 Å². The first kappa shape index (κ1) is 17.1. The summed E-state index contributed by atoms with van der Waals surface area (Å²) in [5.41, 5.74) is -1.36. The standard InChI is InChI=1S/C13H12F3N3O3S/c1-3-23(21,22)10-6-9(7-17-12(10)8(2)20)19-5-4-11(18-19)13(14,15)16/h4-7H,3H2,1-2H3. The number of rotatable bonds is 4. The molecular weight excluding hydrogens is 335 g/mol. The zero-order valence-electron chi connectivity index (χ0n) is 12.1. The van der Waals surface area contributed by atoms with Gasteiger partial charge in [0, 0.05) is 13.1 Å². The molecule has 0 fully saturated rings. The zero-order chi connectivity index (χ0) is 17.4. The van der Waals surface area contributed by atoms with E-state index in [4.69, 9.17) is 0 Å². The van der Waals surface area contributed by atoms with Crippen LogP contribution in [0.1, 0.15) is 30.0 Å². The summed E-state index contributed by atoms with van der Waals surface area (Å²) in [6.45, 7) is 2.55. The maximum Gasteiger partial charge on any atom is 0.435 e. The lowest BCUT2D eigenvalue weighted by molar-refractivity contribution is -0.141. The highest BCUT2D eigenvalue weighted by atomic mass is 32.2. The van der Waals surface area contributed by atoms with Crippen molar-refractivity contribution in [1.82, 2.24) is 14.8 Å². The number of carbonyl (C=O) groups excluding carboxylic acids is 1. The van der Waals surface area contributed by atoms with E-state index in [1.807, 2.05) is 0 Å². The van der Waals surface area contributed by atoms with Gasteiger partial charge in [0.25, 0.3) is 0 Å². The Morgan fingerprint density at radius 2 is 2.00 bits per heavy atom. The summed E-state index contributed by atoms with van der Waals surface area (Å²) in [6.07, 6.45) is -2.48. The van der Waals surface area contributed by atoms with Crippen molar-refractivity contribution in [3.05, 3.63) is 35.9 Å². The quantitative estimate of drug-likeness (QED) is 0.793. The maximum atomic E-state index is 12.6. The van der Waals surface area contributed by atoms with Crippen molar-refractivity contribution in [3.8, 4) is 5.69 Å². The molecule has 2 rings (SSSR count). The van der Waals surface area contributed by atoms with Crippen molar-refractivity contribution >= 4 is 15.6 Å². The number of nitrogens with zero attached hydrogens (tertiary/aromatic N) is 3. The van der Waals surface area contributed by atoms with E-state index in [2.05, 4.69) is 10.1 Å². The fourth-order valence-electron chi connectivity index (χ4n) is 1.84. The Labute approximate surface area is 129 Å². The second-order valence-electron chi connectivity index (χ2n) is 4.64. The van der Waals surface area contributed by atoms with Crippen LogP contribution in [0.5, 0.6) is 0 Å². The minimum Gasteiger partial charge on any atom is -0.293 e. The predicted molar refractivity (Wildman–Crippen MR) is 74.1 cm³/mol. The number of hydrogen-bond acceptors (Lipinski definition) is 5. The number of ketones is 1. The summed E-state index contributed by atoms with van der Waals surface area (Å²) in [6, 6.07) is 1.85. The SMILES string of the molecule is CCS(=O)(=O)c1cc(-n2ccc(C(F)(F)F)n2)cnc1C(C)=O. The van der Waals surface area contributed by atoms with Crippen LogP contribution in [0, 0.1) is 0 Å². The van der Waals surface area contributed by atoms with E-state index in [0.717, 1.165) is 36.1 Å². The third-order valence-corrected chi connectivity index (χ3v) is 4.77. The summed E-state index contributed by atoms with van der Waals surface area (Å²) in [5, 5.41) is 3.35. The molecule has 0 N–H and O–H groups in total. The van der Waals surface area contributed by atoms with Crippen LogP contribution in [-0.4, -0.2) is 34.7 Å². The van der Waals surface area contributed by atoms with E-state index in [1.165, 1.54) is 6.92 Å². The van der Waals surface area contributed by atoms with E-state index in [9.17, 15) is 26.4 Å². The van der Waals surface area contributed by atoms with E-state index in [-0.39, 0.29) is 22.0 Å². The van der Waals surface area contributed by atoms with E-state index in [0.29, 0.717) is 0 Å². The second-order valence-corrected chi connectivity index (χ2v) is 6.89. The van der Waals surface area contributed by atoms with Crippen LogP contribution >= 0.6 is 0 Å². The van der Waals surface area contributed by atoms with Crippen LogP contribution in [0.2, 0.25) is 0 Å². The van der Waals surface area contributed by atoms with Crippen molar-refractivity contribution in [2.75, 3.05) is 5.75 Å². The summed E-state index contributed by atoms with van der Waals surface area (Å²) >= 11 is 0. The summed E-state index contributed by atoms with van der Waals surface area (Å²) in [5.74, 6) is -0.828. The molecule has 0 aliphatic carbocycles. The lowest BCUT2D eigenvalue weighted by Crippen LogP contribution is -2.13. The molecule has 0 spiro atoms. The molecule has 0 aliphatic rings. The molecule has 0 aliphatic heterocycles. The van der Waals surface area contributed by atoms with Crippen LogP contribution < -0.4 is 0 Å². The first-order chi connectivity index (χ1) is 10.6. The minimum absolute atomic E-state index is 0.0116. The van der Waals surface area contributed by atoms with E-state index in [1.54, 1.807) is 0 Å². The van der Waals surface area contributed by atoms with Gasteiger partial charge in [-0.15, -0.1) is 0 Å². The fourth-order valence-corrected chi connectivity index (χ4v) is 2.94. The second kappa shape index (κ2) is 5.76. The van der Waals surface area contributed by atoms with E-state index >= 15 is 0 Å². The summed E-state index contributed by atoms with van der Waals surface area (Å²) in [7, 11) is -3.77. The number of aromatic nitrogens is 3. The number of alkyl halides is 3. The molecule has 0 radical (unpaired) electrons. The third kappa shape index (κ3) is 3.41. The number of halogens is 3. The molecule has 0 bridgehead atoms. The first-order valence-electron chi connectivity index (χ1n) is 6.43. The Hall–Kier alpha value is -2.23. The molecule has 0 aromatic carbocycles. The largest absolute Gasteiger partial charge is 0.435 e. The summed E-state index contributed by atoms with van der Waals surface area (Å²) in [4.78, 5) is 15.0. The number of pyridine rings is 1. The molecule has 23 heavy (non-hydrogen) atoms. The molecule has 2 aromatic heterocycles. The monoisotopic (exact) mass is 347 g/mol. The van der Waals surface area contributed by atoms with Gasteiger partial charge in [-0.25, -0.2) is 18.1 Å². The van der Waals surface area contributed by atoms with Crippen molar-refractivity contribution in [2.45, 2.75) is 24.9 Å². The van der Waals surface area contributed by atoms with Gasteiger partial charge < -0.3 is 0 Å². The average Bonchev–Trinajstić information content (AvgIpc) is 2.96. The van der Waals surface area contributed by atoms with Gasteiger partial charge in [-0.3, -0.25) is 4.79 Å². The molecule has 6 nitrogen and oxygen atoms in total. The molecule has 0 unspecified atom stereocenters. The van der Waals surface area contributed by atoms with Crippen molar-refractivity contribution in [1.29, 1.82) is 0 Å². The Kier molecular flexibility index (Phi) is 4.29. The van der Waals surface area contributed by atoms with Gasteiger partial charge in [0.05, 0.1) is 22.5 Å². The molecule has 0 atom stereocenters. The zero-order valence-corrected chi connectivity index (χ0v) is 12.9. The Bertz CT molecular complexity index is 857. The molecule has 124 valence electrons. The molecule has 0 amide bonds. The molecule has 2 heterocycles. The van der Waals surface area contributed by atoms with Crippen molar-refractivity contribution in [2.24, 2.45) is 0 Å². The number of carbonyl (C=O) groups is 1. The first-order valence-corrected chi connectivity index (χ1v) is 8.08. The highest BCUT2D eigenvalue weighted by molar-refractivity contribution is 7.91. The molecule has 10 heteroatoms. The molecule has 2 aromatic rings. The number of sulfone groups is 1. The fraction of sp³-hybridized carbons (Fsp3) is 0.308. The normalized spacial score (nSPS) is 12.4. The molecular formula is C13H12F3N3O3S. The van der Waals surface area contributed by atoms with Gasteiger partial charge in [-0.2, -0.15) is 18.3 Å². The lowest BCUT2D eigenvalue weighted by atomic mass is 10.2. The molecule has 0 saturated heterocycles. The Morgan fingerprint density at radius 3 is 2.48 bits per heavy atom. The van der Waals surface area contributed by atoms with Crippen molar-refractivity contribution < 1.29 is 26.4 Å². The van der Waals surface area contributed by atoms with Crippen molar-refractivity contribution in [3.63, 3.8) is 0 Å². The van der Waals surface area contributed by atoms with Crippen LogP contribution in [0.4, 0.5) is 13.2 Å². The van der Waals surface area contributed by atoms with Gasteiger partial charge in [-0.05, 0) is 12.1 Å². The number of Topliss-reactive ketones (excluding diaryl/α,β-unsaturated/α-hetero) is 1. The maximum absolute atomic E-state index is 12.6. The van der Waals surface area contributed by atoms with Crippen LogP contribution in [0.25, 0.3) is 5.69 Å². The van der Waals surface area contributed by atoms with E-state index < -0.39 is 27.5 Å². The van der Waals surface area contributed by atoms with Gasteiger partial charge in [0.1, 0.15) is 5.69 Å². The lowest BCUT2D eigenvalue weighted by Gasteiger charge is -2.09. The van der Waals surface area contributed by atoms with Crippen LogP contribution in [0.15, 0.2) is 29.4 Å². The smallest absolute Gasteiger partial charge is 0.293 e. The topological polar surface area (TPSA) is 81.9 Å². The Morgan fingerprint density at radius 1 is 1.35 bits per heavy atom. The third-order valence-electron chi connectivity index (χ3n) is 3.03. The highest BCUT2D eigenvalue weighted by Gasteiger charge is 2.33. The minimum atomic E-state index is -4.61. The highest BCUT2D eigenvalue weighted by Crippen LogP contribution is 2.28. The number of hydrogen-bond donors (Lipinski definition) is 0. The predicted octanol–water partition coefficient (Wildman–Crippen LogP) is 2.28. The van der Waals surface area contributed by atoms with Gasteiger partial charge in [-0.1, -0.05) is 6.92 Å². The average molecular weight is 347 g/mol. The van der Waals surface area contributed by atoms with Crippen LogP contribution in [0.3, 0.4) is 0 Å². The summed E-state index contributed by atoms with van der Waals surface area (Å²) < 4.78 is 62.7. The van der Waals surface area contributed by atoms with Crippen LogP contribution in [-0.2, 0) is 16.0 Å². The van der Waals surface area contributed by atoms with Gasteiger partial charge in [0.2, 0.25) is 0 Å².